The third kappa shape index (κ3) is 13.5. The average Bonchev–Trinajstić information content (AvgIpc) is 3.78. The molecule has 18 heteroatoms. The zero-order chi connectivity index (χ0) is 40.0. The van der Waals surface area contributed by atoms with Gasteiger partial charge in [-0.25, -0.2) is 4.79 Å². The highest BCUT2D eigenvalue weighted by molar-refractivity contribution is 5.97. The van der Waals surface area contributed by atoms with E-state index in [9.17, 15) is 48.9 Å². The van der Waals surface area contributed by atoms with Crippen LogP contribution < -0.4 is 32.7 Å². The topological polar surface area (TPSA) is 287 Å². The molecule has 11 N–H and O–H groups in total. The molecule has 0 aromatic rings. The van der Waals surface area contributed by atoms with Crippen molar-refractivity contribution in [3.8, 4) is 0 Å². The maximum absolute atomic E-state index is 13.9. The number of hydrogen-bond acceptors (Lipinski definition) is 11. The fourth-order valence-electron chi connectivity index (χ4n) is 6.72. The van der Waals surface area contributed by atoms with E-state index >= 15 is 0 Å². The minimum atomic E-state index is -1.57. The van der Waals surface area contributed by atoms with Crippen molar-refractivity contribution in [2.75, 3.05) is 26.2 Å². The van der Waals surface area contributed by atoms with Crippen LogP contribution in [0.25, 0.3) is 0 Å². The van der Waals surface area contributed by atoms with Gasteiger partial charge in [-0.1, -0.05) is 27.7 Å². The first-order valence-electron chi connectivity index (χ1n) is 18.7. The predicted molar refractivity (Wildman–Crippen MR) is 193 cm³/mol. The summed E-state index contributed by atoms with van der Waals surface area (Å²) in [5.41, 5.74) is 11.6. The van der Waals surface area contributed by atoms with E-state index in [0.29, 0.717) is 38.6 Å². The standard InChI is InChI=1S/C35H62N8O10/c1-19(2)16-22(37)29(46)40-25(18-44)34(51)43-15-8-11-26(43)31(48)38-23(10-6-7-13-36)30(47)39-24(17-20(3)4)33(50)42-14-9-12-27(42)32(49)41-28(21(5)45)35(52)53/h19-28,44-45H,6-18,36-37H2,1-5H3,(H,38,48)(H,39,47)(H,40,46)(H,41,49)(H,52,53)/t21-,22+,23+,24+,25+,26+,27+,28+/m1/s1. The molecule has 0 aliphatic carbocycles. The van der Waals surface area contributed by atoms with Gasteiger partial charge in [-0.05, 0) is 83.1 Å². The second-order valence-corrected chi connectivity index (χ2v) is 15.0. The van der Waals surface area contributed by atoms with E-state index in [1.54, 1.807) is 0 Å². The molecule has 2 aliphatic heterocycles. The summed E-state index contributed by atoms with van der Waals surface area (Å²) in [5, 5.41) is 39.6. The number of aliphatic hydroxyl groups excluding tert-OH is 2. The van der Waals surface area contributed by atoms with Gasteiger partial charge in [-0.2, -0.15) is 0 Å². The molecule has 2 rings (SSSR count). The third-order valence-corrected chi connectivity index (χ3v) is 9.48. The summed E-state index contributed by atoms with van der Waals surface area (Å²) in [7, 11) is 0. The monoisotopic (exact) mass is 754 g/mol. The highest BCUT2D eigenvalue weighted by atomic mass is 16.4. The molecule has 18 nitrogen and oxygen atoms in total. The van der Waals surface area contributed by atoms with Crippen molar-refractivity contribution in [2.45, 2.75) is 141 Å². The first-order chi connectivity index (χ1) is 24.9. The van der Waals surface area contributed by atoms with Crippen LogP contribution in [-0.2, 0) is 33.6 Å². The van der Waals surface area contributed by atoms with Gasteiger partial charge in [-0.3, -0.25) is 28.8 Å². The summed E-state index contributed by atoms with van der Waals surface area (Å²) >= 11 is 0. The summed E-state index contributed by atoms with van der Waals surface area (Å²) in [6.07, 6.45) is 1.82. The molecule has 302 valence electrons. The molecular weight excluding hydrogens is 692 g/mol. The average molecular weight is 755 g/mol. The minimum Gasteiger partial charge on any atom is -0.480 e. The quantitative estimate of drug-likeness (QED) is 0.0571. The van der Waals surface area contributed by atoms with Gasteiger partial charge in [0.15, 0.2) is 6.04 Å². The molecular formula is C35H62N8O10. The number of nitrogens with zero attached hydrogens (tertiary/aromatic N) is 2. The van der Waals surface area contributed by atoms with Crippen molar-refractivity contribution in [1.29, 1.82) is 0 Å². The number of carboxylic acids is 1. The number of aliphatic hydroxyl groups is 2. The van der Waals surface area contributed by atoms with E-state index in [1.807, 2.05) is 27.7 Å². The first kappa shape index (κ1) is 45.3. The van der Waals surface area contributed by atoms with Crippen LogP contribution in [0.1, 0.15) is 92.4 Å². The van der Waals surface area contributed by atoms with Gasteiger partial charge in [0.05, 0.1) is 18.8 Å². The molecule has 53 heavy (non-hydrogen) atoms. The van der Waals surface area contributed by atoms with Crippen LogP contribution in [0.4, 0.5) is 0 Å². The number of carbonyl (C=O) groups excluding carboxylic acids is 6. The van der Waals surface area contributed by atoms with Gasteiger partial charge in [0, 0.05) is 13.1 Å². The Bertz CT molecular complexity index is 1280. The molecule has 6 amide bonds. The maximum Gasteiger partial charge on any atom is 0.328 e. The van der Waals surface area contributed by atoms with Gasteiger partial charge in [0.1, 0.15) is 30.2 Å². The van der Waals surface area contributed by atoms with Crippen molar-refractivity contribution < 1.29 is 48.9 Å². The van der Waals surface area contributed by atoms with Crippen LogP contribution in [0.3, 0.4) is 0 Å². The zero-order valence-corrected chi connectivity index (χ0v) is 31.7. The van der Waals surface area contributed by atoms with Crippen LogP contribution in [0.15, 0.2) is 0 Å². The van der Waals surface area contributed by atoms with E-state index in [0.717, 1.165) is 0 Å². The van der Waals surface area contributed by atoms with Gasteiger partial charge in [-0.15, -0.1) is 0 Å². The summed E-state index contributed by atoms with van der Waals surface area (Å²) in [5.74, 6) is -5.17. The normalized spacial score (nSPS) is 20.7. The Morgan fingerprint density at radius 1 is 0.717 bits per heavy atom. The molecule has 0 aromatic carbocycles. The largest absolute Gasteiger partial charge is 0.480 e. The van der Waals surface area contributed by atoms with Gasteiger partial charge in [0.2, 0.25) is 35.4 Å². The molecule has 2 aliphatic rings. The summed E-state index contributed by atoms with van der Waals surface area (Å²) in [6, 6.07) is -7.99. The fourth-order valence-corrected chi connectivity index (χ4v) is 6.72. The van der Waals surface area contributed by atoms with Crippen molar-refractivity contribution in [1.82, 2.24) is 31.1 Å². The predicted octanol–water partition coefficient (Wildman–Crippen LogP) is -2.09. The number of nitrogens with one attached hydrogen (secondary N) is 4. The molecule has 2 saturated heterocycles. The van der Waals surface area contributed by atoms with E-state index in [1.165, 1.54) is 16.7 Å². The van der Waals surface area contributed by atoms with Crippen LogP contribution in [0.2, 0.25) is 0 Å². The van der Waals surface area contributed by atoms with Crippen molar-refractivity contribution in [3.05, 3.63) is 0 Å². The Morgan fingerprint density at radius 2 is 1.23 bits per heavy atom. The van der Waals surface area contributed by atoms with Gasteiger partial charge in [0.25, 0.3) is 0 Å². The number of hydrogen-bond donors (Lipinski definition) is 9. The molecule has 2 fully saturated rings. The van der Waals surface area contributed by atoms with Crippen LogP contribution in [0.5, 0.6) is 0 Å². The number of likely N-dealkylation sites (tertiary alicyclic amines) is 2. The molecule has 0 radical (unpaired) electrons. The lowest BCUT2D eigenvalue weighted by molar-refractivity contribution is -0.147. The lowest BCUT2D eigenvalue weighted by Crippen LogP contribution is -2.60. The molecule has 2 heterocycles. The molecule has 0 saturated carbocycles. The SMILES string of the molecule is CC(C)C[C@H](NC(=O)[C@H](CCCCN)NC(=O)[C@@H]1CCCN1C(=O)[C@H](CO)NC(=O)[C@@H](N)CC(C)C)C(=O)N1CCC[C@H]1C(=O)N[C@H](C(=O)O)[C@@H](C)O. The lowest BCUT2D eigenvalue weighted by atomic mass is 10.0. The second-order valence-electron chi connectivity index (χ2n) is 15.0. The van der Waals surface area contributed by atoms with Crippen molar-refractivity contribution in [3.63, 3.8) is 0 Å². The van der Waals surface area contributed by atoms with E-state index < -0.39 is 96.4 Å². The Hall–Kier alpha value is -3.87. The minimum absolute atomic E-state index is 0.0750. The zero-order valence-electron chi connectivity index (χ0n) is 31.7. The summed E-state index contributed by atoms with van der Waals surface area (Å²) in [6.45, 7) is 8.73. The number of amides is 6. The Labute approximate surface area is 311 Å². The Kier molecular flexibility index (Phi) is 18.6. The number of nitrogens with two attached hydrogens (primary N) is 2. The van der Waals surface area contributed by atoms with Crippen molar-refractivity contribution >= 4 is 41.4 Å². The third-order valence-electron chi connectivity index (χ3n) is 9.48. The second kappa shape index (κ2) is 21.7. The summed E-state index contributed by atoms with van der Waals surface area (Å²) < 4.78 is 0. The molecule has 0 bridgehead atoms. The number of rotatable bonds is 21. The van der Waals surface area contributed by atoms with E-state index in [4.69, 9.17) is 11.5 Å². The van der Waals surface area contributed by atoms with Gasteiger partial charge < -0.3 is 57.9 Å². The van der Waals surface area contributed by atoms with E-state index in [-0.39, 0.29) is 50.6 Å². The molecule has 0 spiro atoms. The number of carboxylic acid groups (broad SMARTS) is 1. The van der Waals surface area contributed by atoms with E-state index in [2.05, 4.69) is 21.3 Å². The number of unbranched alkanes of at least 4 members (excludes halogenated alkanes) is 1. The molecule has 0 aromatic heterocycles. The molecule has 0 unspecified atom stereocenters. The Balaban J connectivity index is 2.24. The number of carbonyl (C=O) groups is 7. The fraction of sp³-hybridized carbons (Fsp3) is 0.800. The summed E-state index contributed by atoms with van der Waals surface area (Å²) in [4.78, 5) is 94.9. The Morgan fingerprint density at radius 3 is 1.70 bits per heavy atom. The number of aliphatic carboxylic acids is 1. The van der Waals surface area contributed by atoms with Crippen LogP contribution in [0, 0.1) is 11.8 Å². The van der Waals surface area contributed by atoms with Gasteiger partial charge >= 0.3 is 5.97 Å². The highest BCUT2D eigenvalue weighted by Gasteiger charge is 2.42. The first-order valence-corrected chi connectivity index (χ1v) is 18.7. The molecule has 8 atom stereocenters. The van der Waals surface area contributed by atoms with Crippen LogP contribution in [-0.4, -0.2) is 141 Å². The van der Waals surface area contributed by atoms with Crippen LogP contribution >= 0.6 is 0 Å². The lowest BCUT2D eigenvalue weighted by Gasteiger charge is -2.32. The highest BCUT2D eigenvalue weighted by Crippen LogP contribution is 2.22. The maximum atomic E-state index is 13.9. The van der Waals surface area contributed by atoms with Crippen molar-refractivity contribution in [2.24, 2.45) is 23.3 Å². The smallest absolute Gasteiger partial charge is 0.328 e.